The summed E-state index contributed by atoms with van der Waals surface area (Å²) in [4.78, 5) is 9.67. The molecule has 0 saturated heterocycles. The first-order valence-corrected chi connectivity index (χ1v) is 26.0. The molecule has 8 aromatic carbocycles. The molecule has 1 radical (unpaired) electrons. The maximum absolute atomic E-state index is 8.65. The third-order valence-corrected chi connectivity index (χ3v) is 14.6. The van der Waals surface area contributed by atoms with E-state index in [1.165, 1.54) is 16.0 Å². The molecule has 66 heavy (non-hydrogen) atoms. The van der Waals surface area contributed by atoms with Gasteiger partial charge in [0.1, 0.15) is 5.58 Å². The molecule has 329 valence electrons. The smallest absolute Gasteiger partial charge is 0.121 e. The molecule has 0 unspecified atom stereocenters. The van der Waals surface area contributed by atoms with Crippen molar-refractivity contribution < 1.29 is 28.6 Å². The van der Waals surface area contributed by atoms with E-state index in [-0.39, 0.29) is 37.5 Å². The molecule has 0 amide bonds. The largest absolute Gasteiger partial charge is 0.501 e. The summed E-state index contributed by atoms with van der Waals surface area (Å²) >= 11 is 0. The van der Waals surface area contributed by atoms with Crippen LogP contribution < -0.4 is 5.19 Å². The first kappa shape index (κ1) is 41.0. The fraction of sp³-hybridized carbons (Fsp3) is 0.167. The molecule has 3 aromatic heterocycles. The molecule has 0 saturated carbocycles. The van der Waals surface area contributed by atoms with Crippen LogP contribution in [0.1, 0.15) is 60.3 Å². The zero-order chi connectivity index (χ0) is 47.5. The molecule has 3 heterocycles. The molecule has 0 bridgehead atoms. The van der Waals surface area contributed by atoms with Crippen LogP contribution in [0, 0.1) is 19.0 Å². The number of benzene rings is 8. The van der Waals surface area contributed by atoms with Gasteiger partial charge in [0.25, 0.3) is 0 Å². The van der Waals surface area contributed by atoms with E-state index in [2.05, 4.69) is 172 Å². The van der Waals surface area contributed by atoms with Crippen molar-refractivity contribution in [3.05, 3.63) is 193 Å². The maximum Gasteiger partial charge on any atom is 0.121 e. The van der Waals surface area contributed by atoms with E-state index in [0.29, 0.717) is 28.0 Å². The average Bonchev–Trinajstić information content (AvgIpc) is 3.91. The second-order valence-electron chi connectivity index (χ2n) is 18.6. The Morgan fingerprint density at radius 2 is 1.38 bits per heavy atom. The van der Waals surface area contributed by atoms with E-state index in [9.17, 15) is 0 Å². The van der Waals surface area contributed by atoms with E-state index in [1.807, 2.05) is 48.7 Å². The summed E-state index contributed by atoms with van der Waals surface area (Å²) in [7, 11) is -1.25. The molecule has 0 aliphatic heterocycles. The average molecular weight is 1060 g/mol. The van der Waals surface area contributed by atoms with Gasteiger partial charge in [0.2, 0.25) is 0 Å². The number of pyridine rings is 1. The van der Waals surface area contributed by atoms with Crippen LogP contribution in [0.2, 0.25) is 19.6 Å². The third-order valence-electron chi connectivity index (χ3n) is 12.6. The molecule has 0 aliphatic carbocycles. The van der Waals surface area contributed by atoms with Gasteiger partial charge in [0.05, 0.1) is 30.5 Å². The van der Waals surface area contributed by atoms with Gasteiger partial charge in [-0.2, -0.15) is 0 Å². The third kappa shape index (κ3) is 8.23. The van der Waals surface area contributed by atoms with Crippen LogP contribution in [0.15, 0.2) is 168 Å². The van der Waals surface area contributed by atoms with Crippen molar-refractivity contribution in [3.8, 4) is 39.5 Å². The van der Waals surface area contributed by atoms with Crippen molar-refractivity contribution in [1.82, 2.24) is 14.5 Å². The van der Waals surface area contributed by atoms with E-state index < -0.39 is 14.9 Å². The van der Waals surface area contributed by atoms with Gasteiger partial charge in [0.15, 0.2) is 0 Å². The minimum atomic E-state index is -2.37. The van der Waals surface area contributed by atoms with Crippen molar-refractivity contribution in [2.45, 2.75) is 66.0 Å². The summed E-state index contributed by atoms with van der Waals surface area (Å²) in [5.41, 5.74) is 11.1. The predicted molar refractivity (Wildman–Crippen MR) is 277 cm³/mol. The summed E-state index contributed by atoms with van der Waals surface area (Å²) < 4.78 is 34.9. The topological polar surface area (TPSA) is 43.9 Å². The van der Waals surface area contributed by atoms with Gasteiger partial charge in [-0.15, -0.1) is 54.1 Å². The molecule has 11 aromatic rings. The predicted octanol–water partition coefficient (Wildman–Crippen LogP) is 16.0. The maximum atomic E-state index is 8.65. The second kappa shape index (κ2) is 18.1. The Kier molecular flexibility index (Phi) is 11.2. The number of aryl methyl sites for hydroxylation is 1. The molecule has 0 atom stereocenters. The van der Waals surface area contributed by atoms with Gasteiger partial charge in [0, 0.05) is 41.5 Å². The fourth-order valence-electron chi connectivity index (χ4n) is 9.13. The number of para-hydroxylation sites is 1. The number of hydrogen-bond donors (Lipinski definition) is 0. The zero-order valence-corrected chi connectivity index (χ0v) is 41.7. The first-order chi connectivity index (χ1) is 32.7. The summed E-state index contributed by atoms with van der Waals surface area (Å²) in [6.45, 7) is 13.5. The van der Waals surface area contributed by atoms with E-state index in [0.717, 1.165) is 66.3 Å². The summed E-state index contributed by atoms with van der Waals surface area (Å²) in [5.74, 6) is 0.840. The second-order valence-corrected chi connectivity index (χ2v) is 23.7. The van der Waals surface area contributed by atoms with Crippen molar-refractivity contribution in [1.29, 1.82) is 0 Å². The number of hydrogen-bond acceptors (Lipinski definition) is 3. The van der Waals surface area contributed by atoms with Crippen LogP contribution in [0.3, 0.4) is 0 Å². The van der Waals surface area contributed by atoms with Gasteiger partial charge in [-0.25, -0.2) is 0 Å². The first-order valence-electron chi connectivity index (χ1n) is 24.0. The van der Waals surface area contributed by atoms with Crippen LogP contribution in [-0.2, 0) is 20.1 Å². The normalized spacial score (nSPS) is 12.7. The molecule has 0 fully saturated rings. The molecule has 0 aliphatic rings. The molecule has 11 rings (SSSR count). The number of furan rings is 1. The molecule has 6 heteroatoms. The van der Waals surface area contributed by atoms with Crippen LogP contribution in [0.25, 0.3) is 94.0 Å². The van der Waals surface area contributed by atoms with Crippen LogP contribution >= 0.6 is 0 Å². The Hall–Kier alpha value is -6.43. The van der Waals surface area contributed by atoms with Gasteiger partial charge in [-0.1, -0.05) is 148 Å². The molecular weight excluding hydrogens is 999 g/mol. The summed E-state index contributed by atoms with van der Waals surface area (Å²) in [5, 5.41) is 8.03. The Labute approximate surface area is 407 Å². The number of fused-ring (bicyclic) bond motifs is 7. The van der Waals surface area contributed by atoms with Crippen molar-refractivity contribution in [3.63, 3.8) is 0 Å². The molecular formula is C60H53IrN3OSi-2. The molecule has 0 spiro atoms. The SMILES string of the molecule is C[Si](C)(C)c1ccnc(-c2[c-]cccc2)c1.[2H]C([2H])([2H])c1cccc2nc(-c3[c-]ccc4c3oc3cc5c(ccc6ccccc65)cc34)n(-c3c(C(C)C)cc(-c4ccccc4)cc3C(C)C)c12.[Ir]. The van der Waals surface area contributed by atoms with Crippen LogP contribution in [0.4, 0.5) is 0 Å². The van der Waals surface area contributed by atoms with Crippen molar-refractivity contribution in [2.75, 3.05) is 0 Å². The van der Waals surface area contributed by atoms with E-state index in [1.54, 1.807) is 12.1 Å². The number of aromatic nitrogens is 3. The van der Waals surface area contributed by atoms with Gasteiger partial charge < -0.3 is 14.0 Å². The van der Waals surface area contributed by atoms with Crippen LogP contribution in [-0.4, -0.2) is 22.6 Å². The summed E-state index contributed by atoms with van der Waals surface area (Å²) in [6, 6.07) is 60.5. The van der Waals surface area contributed by atoms with Crippen molar-refractivity contribution in [2.24, 2.45) is 0 Å². The standard InChI is InChI=1S/C46H37N2O.C14H16NSi.Ir/c1-27(2)37-24-33(30-14-7-6-8-15-30)25-38(28(3)4)44(37)48-43-29(5)13-11-20-41(43)47-46(48)36-19-12-18-35-40-23-32-22-21-31-16-9-10-17-34(31)39(32)26-42(40)49-45(35)36;1-16(2,3)13-9-10-15-14(11-13)12-7-5-4-6-8-12;/h6-18,20-28H,1-5H3;4-7,9-11H,1-3H3;/q2*-1;/i5D3;;. The quantitative estimate of drug-likeness (QED) is 0.0908. The Morgan fingerprint density at radius 3 is 2.11 bits per heavy atom. The Balaban J connectivity index is 0.000000296. The molecule has 0 N–H and O–H groups in total. The number of nitrogens with zero attached hydrogens (tertiary/aromatic N) is 3. The Bertz CT molecular complexity index is 3640. The van der Waals surface area contributed by atoms with Gasteiger partial charge in [-0.3, -0.25) is 4.98 Å². The number of rotatable bonds is 7. The van der Waals surface area contributed by atoms with Gasteiger partial charge >= 0.3 is 0 Å². The minimum Gasteiger partial charge on any atom is -0.501 e. The van der Waals surface area contributed by atoms with Crippen molar-refractivity contribution >= 4 is 67.8 Å². The summed E-state index contributed by atoms with van der Waals surface area (Å²) in [6.07, 6.45) is 1.91. The van der Waals surface area contributed by atoms with Gasteiger partial charge in [-0.05, 0) is 110 Å². The number of imidazole rings is 1. The zero-order valence-electron chi connectivity index (χ0n) is 41.3. The molecule has 4 nitrogen and oxygen atoms in total. The fourth-order valence-corrected chi connectivity index (χ4v) is 10.3. The van der Waals surface area contributed by atoms with E-state index >= 15 is 0 Å². The van der Waals surface area contributed by atoms with E-state index in [4.69, 9.17) is 13.5 Å². The van der Waals surface area contributed by atoms with Crippen LogP contribution in [0.5, 0.6) is 0 Å². The Morgan fingerprint density at radius 1 is 0.636 bits per heavy atom. The monoisotopic (exact) mass is 1060 g/mol. The minimum absolute atomic E-state index is 0.